The number of anilines is 1. The molecule has 0 saturated carbocycles. The molecule has 0 spiro atoms. The van der Waals surface area contributed by atoms with Gasteiger partial charge in [0.15, 0.2) is 5.13 Å². The lowest BCUT2D eigenvalue weighted by Crippen LogP contribution is -1.83. The van der Waals surface area contributed by atoms with Gasteiger partial charge in [0, 0.05) is 19.3 Å². The van der Waals surface area contributed by atoms with Crippen molar-refractivity contribution in [2.45, 2.75) is 0 Å². The molecule has 1 N–H and O–H groups in total. The van der Waals surface area contributed by atoms with Gasteiger partial charge in [0.05, 0.1) is 10.2 Å². The van der Waals surface area contributed by atoms with Crippen LogP contribution in [-0.4, -0.2) is 17.0 Å². The first kappa shape index (κ1) is 7.76. The molecule has 0 aromatic carbocycles. The zero-order valence-corrected chi connectivity index (χ0v) is 7.91. The van der Waals surface area contributed by atoms with Gasteiger partial charge >= 0.3 is 0 Å². The largest absolute Gasteiger partial charge is 0.365 e. The molecule has 0 aliphatic heterocycles. The number of thiazole rings is 1. The number of fused-ring (bicyclic) bond motifs is 1. The summed E-state index contributed by atoms with van der Waals surface area (Å²) in [7, 11) is 1.84. The van der Waals surface area contributed by atoms with Gasteiger partial charge in [-0.15, -0.1) is 0 Å². The molecule has 2 aromatic rings. The predicted molar refractivity (Wildman–Crippen MR) is 52.0 cm³/mol. The van der Waals surface area contributed by atoms with Gasteiger partial charge in [-0.3, -0.25) is 0 Å². The number of pyridine rings is 1. The molecule has 2 aromatic heterocycles. The average Bonchev–Trinajstić information content (AvgIpc) is 2.46. The Bertz CT molecular complexity index is 412. The highest BCUT2D eigenvalue weighted by Gasteiger charge is 2.02. The predicted octanol–water partition coefficient (Wildman–Crippen LogP) is 2.39. The monoisotopic (exact) mass is 199 g/mol. The van der Waals surface area contributed by atoms with Crippen LogP contribution in [0.15, 0.2) is 12.3 Å². The Kier molecular flexibility index (Phi) is 1.86. The fourth-order valence-corrected chi connectivity index (χ4v) is 1.84. The number of hydrogen-bond donors (Lipinski definition) is 1. The van der Waals surface area contributed by atoms with Gasteiger partial charge in [-0.1, -0.05) is 22.9 Å². The Hall–Kier alpha value is -0.870. The lowest BCUT2D eigenvalue weighted by atomic mass is 10.4. The van der Waals surface area contributed by atoms with E-state index in [-0.39, 0.29) is 0 Å². The molecular formula is C7H6ClN3S. The minimum atomic E-state index is 0.482. The third-order valence-electron chi connectivity index (χ3n) is 1.46. The van der Waals surface area contributed by atoms with Crippen LogP contribution in [-0.2, 0) is 0 Å². The minimum absolute atomic E-state index is 0.482. The molecular weight excluding hydrogens is 194 g/mol. The van der Waals surface area contributed by atoms with Crippen LogP contribution in [0.4, 0.5) is 5.13 Å². The van der Waals surface area contributed by atoms with E-state index in [1.807, 2.05) is 7.05 Å². The number of rotatable bonds is 1. The SMILES string of the molecule is CNc1nc2cc(Cl)ncc2s1. The van der Waals surface area contributed by atoms with E-state index in [2.05, 4.69) is 15.3 Å². The van der Waals surface area contributed by atoms with Crippen molar-refractivity contribution in [3.63, 3.8) is 0 Å². The number of halogens is 1. The van der Waals surface area contributed by atoms with Crippen LogP contribution >= 0.6 is 22.9 Å². The fourth-order valence-electron chi connectivity index (χ4n) is 0.917. The molecule has 0 aliphatic rings. The highest BCUT2D eigenvalue weighted by Crippen LogP contribution is 2.25. The van der Waals surface area contributed by atoms with Crippen molar-refractivity contribution in [2.24, 2.45) is 0 Å². The van der Waals surface area contributed by atoms with Gasteiger partial charge in [0.1, 0.15) is 5.15 Å². The first-order valence-corrected chi connectivity index (χ1v) is 4.59. The molecule has 0 saturated heterocycles. The van der Waals surface area contributed by atoms with Crippen LogP contribution in [0.2, 0.25) is 5.15 Å². The number of aromatic nitrogens is 2. The highest BCUT2D eigenvalue weighted by molar-refractivity contribution is 7.22. The first-order valence-electron chi connectivity index (χ1n) is 3.39. The molecule has 5 heteroatoms. The van der Waals surface area contributed by atoms with Crippen molar-refractivity contribution in [3.8, 4) is 0 Å². The fraction of sp³-hybridized carbons (Fsp3) is 0.143. The molecule has 0 aliphatic carbocycles. The summed E-state index contributed by atoms with van der Waals surface area (Å²) in [6.07, 6.45) is 1.73. The van der Waals surface area contributed by atoms with Gasteiger partial charge in [-0.25, -0.2) is 9.97 Å². The molecule has 12 heavy (non-hydrogen) atoms. The summed E-state index contributed by atoms with van der Waals surface area (Å²) < 4.78 is 1.05. The van der Waals surface area contributed by atoms with Crippen LogP contribution < -0.4 is 5.32 Å². The van der Waals surface area contributed by atoms with Crippen LogP contribution in [0.3, 0.4) is 0 Å². The van der Waals surface area contributed by atoms with Gasteiger partial charge in [0.2, 0.25) is 0 Å². The molecule has 0 atom stereocenters. The summed E-state index contributed by atoms with van der Waals surface area (Å²) in [4.78, 5) is 8.24. The van der Waals surface area contributed by atoms with Gasteiger partial charge in [-0.2, -0.15) is 0 Å². The van der Waals surface area contributed by atoms with Crippen LogP contribution in [0.1, 0.15) is 0 Å². The molecule has 62 valence electrons. The zero-order valence-electron chi connectivity index (χ0n) is 6.34. The summed E-state index contributed by atoms with van der Waals surface area (Å²) in [5.74, 6) is 0. The first-order chi connectivity index (χ1) is 5.79. The third kappa shape index (κ3) is 1.23. The van der Waals surface area contributed by atoms with E-state index in [1.165, 1.54) is 0 Å². The van der Waals surface area contributed by atoms with Gasteiger partial charge in [-0.05, 0) is 0 Å². The maximum Gasteiger partial charge on any atom is 0.183 e. The Labute approximate surface area is 78.4 Å². The second-order valence-electron chi connectivity index (χ2n) is 2.24. The van der Waals surface area contributed by atoms with E-state index in [1.54, 1.807) is 23.6 Å². The van der Waals surface area contributed by atoms with E-state index >= 15 is 0 Å². The normalized spacial score (nSPS) is 10.5. The van der Waals surface area contributed by atoms with Gasteiger partial charge < -0.3 is 5.32 Å². The molecule has 0 fully saturated rings. The van der Waals surface area contributed by atoms with Crippen molar-refractivity contribution in [2.75, 3.05) is 12.4 Å². The third-order valence-corrected chi connectivity index (χ3v) is 2.69. The van der Waals surface area contributed by atoms with Gasteiger partial charge in [0.25, 0.3) is 0 Å². The lowest BCUT2D eigenvalue weighted by Gasteiger charge is -1.86. The van der Waals surface area contributed by atoms with E-state index in [0.29, 0.717) is 5.15 Å². The number of nitrogens with one attached hydrogen (secondary N) is 1. The second-order valence-corrected chi connectivity index (χ2v) is 3.66. The molecule has 0 bridgehead atoms. The molecule has 3 nitrogen and oxygen atoms in total. The smallest absolute Gasteiger partial charge is 0.183 e. The van der Waals surface area contributed by atoms with Crippen LogP contribution in [0.25, 0.3) is 10.2 Å². The van der Waals surface area contributed by atoms with Crippen LogP contribution in [0, 0.1) is 0 Å². The quantitative estimate of drug-likeness (QED) is 0.717. The highest BCUT2D eigenvalue weighted by atomic mass is 35.5. The van der Waals surface area contributed by atoms with Crippen molar-refractivity contribution in [1.82, 2.24) is 9.97 Å². The number of hydrogen-bond acceptors (Lipinski definition) is 4. The maximum absolute atomic E-state index is 5.70. The van der Waals surface area contributed by atoms with E-state index < -0.39 is 0 Å². The Balaban J connectivity index is 2.67. The van der Waals surface area contributed by atoms with E-state index in [9.17, 15) is 0 Å². The zero-order chi connectivity index (χ0) is 8.55. The molecule has 0 amide bonds. The van der Waals surface area contributed by atoms with Crippen molar-refractivity contribution < 1.29 is 0 Å². The summed E-state index contributed by atoms with van der Waals surface area (Å²) in [6.45, 7) is 0. The summed E-state index contributed by atoms with van der Waals surface area (Å²) in [5, 5.41) is 4.34. The summed E-state index contributed by atoms with van der Waals surface area (Å²) in [6, 6.07) is 1.76. The second kappa shape index (κ2) is 2.88. The Morgan fingerprint density at radius 1 is 1.58 bits per heavy atom. The standard InChI is InChI=1S/C7H6ClN3S/c1-9-7-11-4-2-6(8)10-3-5(4)12-7/h2-3H,1H3,(H,9,11). The van der Waals surface area contributed by atoms with Crippen molar-refractivity contribution >= 4 is 38.3 Å². The van der Waals surface area contributed by atoms with E-state index in [0.717, 1.165) is 15.3 Å². The minimum Gasteiger partial charge on any atom is -0.365 e. The van der Waals surface area contributed by atoms with Crippen molar-refractivity contribution in [1.29, 1.82) is 0 Å². The average molecular weight is 200 g/mol. The topological polar surface area (TPSA) is 37.8 Å². The molecule has 2 heterocycles. The lowest BCUT2D eigenvalue weighted by molar-refractivity contribution is 1.35. The van der Waals surface area contributed by atoms with Crippen LogP contribution in [0.5, 0.6) is 0 Å². The Morgan fingerprint density at radius 3 is 3.17 bits per heavy atom. The molecule has 2 rings (SSSR count). The van der Waals surface area contributed by atoms with Crippen molar-refractivity contribution in [3.05, 3.63) is 17.4 Å². The summed E-state index contributed by atoms with van der Waals surface area (Å²) >= 11 is 7.27. The molecule has 0 radical (unpaired) electrons. The number of nitrogens with zero attached hydrogens (tertiary/aromatic N) is 2. The Morgan fingerprint density at radius 2 is 2.42 bits per heavy atom. The van der Waals surface area contributed by atoms with E-state index in [4.69, 9.17) is 11.6 Å². The summed E-state index contributed by atoms with van der Waals surface area (Å²) in [5.41, 5.74) is 0.893. The maximum atomic E-state index is 5.70. The molecule has 0 unspecified atom stereocenters.